The zero-order valence-corrected chi connectivity index (χ0v) is 12.4. The van der Waals surface area contributed by atoms with Crippen LogP contribution in [0.2, 0.25) is 0 Å². The highest BCUT2D eigenvalue weighted by Crippen LogP contribution is 2.25. The lowest BCUT2D eigenvalue weighted by molar-refractivity contribution is -0.141. The fraction of sp³-hybridized carbons (Fsp3) is 0.867. The first kappa shape index (κ1) is 15.1. The summed E-state index contributed by atoms with van der Waals surface area (Å²) in [4.78, 5) is 27.1. The van der Waals surface area contributed by atoms with Gasteiger partial charge in [-0.15, -0.1) is 0 Å². The van der Waals surface area contributed by atoms with Crippen LogP contribution in [0.5, 0.6) is 0 Å². The quantitative estimate of drug-likeness (QED) is 0.865. The molecule has 1 unspecified atom stereocenters. The van der Waals surface area contributed by atoms with Crippen molar-refractivity contribution in [3.63, 3.8) is 0 Å². The lowest BCUT2D eigenvalue weighted by atomic mass is 9.96. The van der Waals surface area contributed by atoms with Gasteiger partial charge in [-0.25, -0.2) is 9.59 Å². The molecule has 5 heteroatoms. The minimum Gasteiger partial charge on any atom is -0.480 e. The Kier molecular flexibility index (Phi) is 5.26. The monoisotopic (exact) mass is 282 g/mol. The maximum absolute atomic E-state index is 12.5. The van der Waals surface area contributed by atoms with E-state index in [2.05, 4.69) is 6.92 Å². The van der Waals surface area contributed by atoms with Crippen molar-refractivity contribution in [2.24, 2.45) is 5.92 Å². The van der Waals surface area contributed by atoms with Crippen LogP contribution in [0.4, 0.5) is 4.79 Å². The molecule has 0 aliphatic carbocycles. The average molecular weight is 282 g/mol. The standard InChI is InChI=1S/C15H26N2O3/c1-2-5-12-6-3-9-16(11-8-12)15(20)17-10-4-7-13(17)14(18)19/h12-13H,2-11H2,1H3,(H,18,19)/t12?,13-/m1/s1. The fourth-order valence-corrected chi connectivity index (χ4v) is 3.49. The number of carboxylic acid groups (broad SMARTS) is 1. The lowest BCUT2D eigenvalue weighted by Crippen LogP contribution is -2.48. The summed E-state index contributed by atoms with van der Waals surface area (Å²) in [7, 11) is 0. The molecule has 5 nitrogen and oxygen atoms in total. The van der Waals surface area contributed by atoms with E-state index in [9.17, 15) is 14.7 Å². The van der Waals surface area contributed by atoms with E-state index in [1.54, 1.807) is 4.90 Å². The van der Waals surface area contributed by atoms with Crippen molar-refractivity contribution in [1.82, 2.24) is 9.80 Å². The minimum atomic E-state index is -0.866. The molecule has 0 bridgehead atoms. The molecule has 2 atom stereocenters. The van der Waals surface area contributed by atoms with Crippen LogP contribution in [0.3, 0.4) is 0 Å². The van der Waals surface area contributed by atoms with Gasteiger partial charge in [0.05, 0.1) is 0 Å². The van der Waals surface area contributed by atoms with Gasteiger partial charge in [0, 0.05) is 19.6 Å². The molecule has 2 amide bonds. The first-order chi connectivity index (χ1) is 9.63. The number of likely N-dealkylation sites (tertiary alicyclic amines) is 2. The lowest BCUT2D eigenvalue weighted by Gasteiger charge is -2.29. The average Bonchev–Trinajstić information content (AvgIpc) is 2.80. The van der Waals surface area contributed by atoms with E-state index >= 15 is 0 Å². The highest BCUT2D eigenvalue weighted by Gasteiger charge is 2.36. The van der Waals surface area contributed by atoms with E-state index in [-0.39, 0.29) is 6.03 Å². The Labute approximate surface area is 120 Å². The van der Waals surface area contributed by atoms with Crippen molar-refractivity contribution in [3.05, 3.63) is 0 Å². The molecular formula is C15H26N2O3. The van der Waals surface area contributed by atoms with Crippen molar-refractivity contribution < 1.29 is 14.7 Å². The smallest absolute Gasteiger partial charge is 0.326 e. The summed E-state index contributed by atoms with van der Waals surface area (Å²) >= 11 is 0. The Bertz CT molecular complexity index is 359. The summed E-state index contributed by atoms with van der Waals surface area (Å²) < 4.78 is 0. The second kappa shape index (κ2) is 6.95. The number of carbonyl (C=O) groups is 2. The van der Waals surface area contributed by atoms with Gasteiger partial charge in [0.2, 0.25) is 0 Å². The van der Waals surface area contributed by atoms with E-state index in [0.717, 1.165) is 38.3 Å². The first-order valence-electron chi connectivity index (χ1n) is 7.91. The van der Waals surface area contributed by atoms with Gasteiger partial charge in [-0.2, -0.15) is 0 Å². The maximum atomic E-state index is 12.5. The van der Waals surface area contributed by atoms with Crippen molar-refractivity contribution in [1.29, 1.82) is 0 Å². The Morgan fingerprint density at radius 3 is 2.55 bits per heavy atom. The third-order valence-electron chi connectivity index (χ3n) is 4.60. The van der Waals surface area contributed by atoms with Crippen LogP contribution in [0.15, 0.2) is 0 Å². The van der Waals surface area contributed by atoms with Gasteiger partial charge in [0.15, 0.2) is 0 Å². The number of rotatable bonds is 3. The molecule has 2 fully saturated rings. The molecule has 0 aromatic heterocycles. The van der Waals surface area contributed by atoms with Crippen molar-refractivity contribution in [2.75, 3.05) is 19.6 Å². The Hall–Kier alpha value is -1.26. The number of urea groups is 1. The normalized spacial score (nSPS) is 27.4. The van der Waals surface area contributed by atoms with Crippen molar-refractivity contribution in [3.8, 4) is 0 Å². The molecule has 0 saturated carbocycles. The van der Waals surface area contributed by atoms with E-state index < -0.39 is 12.0 Å². The van der Waals surface area contributed by atoms with Crippen LogP contribution in [-0.4, -0.2) is 52.6 Å². The Morgan fingerprint density at radius 1 is 1.10 bits per heavy atom. The molecule has 2 rings (SSSR count). The van der Waals surface area contributed by atoms with Crippen molar-refractivity contribution >= 4 is 12.0 Å². The molecule has 1 N–H and O–H groups in total. The van der Waals surface area contributed by atoms with Gasteiger partial charge in [0.1, 0.15) is 6.04 Å². The van der Waals surface area contributed by atoms with Crippen molar-refractivity contribution in [2.45, 2.75) is 57.9 Å². The summed E-state index contributed by atoms with van der Waals surface area (Å²) in [6.07, 6.45) is 7.13. The van der Waals surface area contributed by atoms with E-state index in [4.69, 9.17) is 0 Å². The molecule has 114 valence electrons. The molecule has 2 heterocycles. The summed E-state index contributed by atoms with van der Waals surface area (Å²) in [5.41, 5.74) is 0. The van der Waals surface area contributed by atoms with Gasteiger partial charge in [-0.1, -0.05) is 19.8 Å². The number of carbonyl (C=O) groups excluding carboxylic acids is 1. The van der Waals surface area contributed by atoms with Gasteiger partial charge in [-0.05, 0) is 38.0 Å². The molecule has 2 aliphatic heterocycles. The predicted octanol–water partition coefficient (Wildman–Crippen LogP) is 2.56. The summed E-state index contributed by atoms with van der Waals surface area (Å²) in [5.74, 6) is -0.138. The second-order valence-electron chi connectivity index (χ2n) is 6.04. The fourth-order valence-electron chi connectivity index (χ4n) is 3.49. The molecule has 2 saturated heterocycles. The third kappa shape index (κ3) is 3.44. The SMILES string of the molecule is CCCC1CCCN(C(=O)N2CCC[C@@H]2C(=O)O)CC1. The van der Waals surface area contributed by atoms with E-state index in [1.807, 2.05) is 4.90 Å². The number of hydrogen-bond acceptors (Lipinski definition) is 2. The molecule has 2 aliphatic rings. The molecule has 0 aromatic rings. The van der Waals surface area contributed by atoms with Gasteiger partial charge in [0.25, 0.3) is 0 Å². The molecule has 0 radical (unpaired) electrons. The summed E-state index contributed by atoms with van der Waals surface area (Å²) in [5, 5.41) is 9.19. The Morgan fingerprint density at radius 2 is 1.85 bits per heavy atom. The zero-order valence-electron chi connectivity index (χ0n) is 12.4. The van der Waals surface area contributed by atoms with Crippen LogP contribution in [0.25, 0.3) is 0 Å². The number of hydrogen-bond donors (Lipinski definition) is 1. The molecule has 0 spiro atoms. The molecular weight excluding hydrogens is 256 g/mol. The van der Waals surface area contributed by atoms with Gasteiger partial charge < -0.3 is 14.9 Å². The van der Waals surface area contributed by atoms with E-state index in [1.165, 1.54) is 19.3 Å². The highest BCUT2D eigenvalue weighted by atomic mass is 16.4. The topological polar surface area (TPSA) is 60.9 Å². The first-order valence-corrected chi connectivity index (χ1v) is 7.91. The van der Waals surface area contributed by atoms with Crippen LogP contribution < -0.4 is 0 Å². The van der Waals surface area contributed by atoms with E-state index in [0.29, 0.717) is 13.0 Å². The predicted molar refractivity (Wildman–Crippen MR) is 76.6 cm³/mol. The molecule has 20 heavy (non-hydrogen) atoms. The van der Waals surface area contributed by atoms with Crippen LogP contribution in [-0.2, 0) is 4.79 Å². The van der Waals surface area contributed by atoms with Crippen LogP contribution in [0, 0.1) is 5.92 Å². The maximum Gasteiger partial charge on any atom is 0.326 e. The minimum absolute atomic E-state index is 0.0629. The van der Waals surface area contributed by atoms with Crippen LogP contribution >= 0.6 is 0 Å². The largest absolute Gasteiger partial charge is 0.480 e. The summed E-state index contributed by atoms with van der Waals surface area (Å²) in [6.45, 7) is 4.36. The summed E-state index contributed by atoms with van der Waals surface area (Å²) in [6, 6.07) is -0.677. The van der Waals surface area contributed by atoms with Crippen LogP contribution in [0.1, 0.15) is 51.9 Å². The third-order valence-corrected chi connectivity index (χ3v) is 4.60. The van der Waals surface area contributed by atoms with Gasteiger partial charge >= 0.3 is 12.0 Å². The highest BCUT2D eigenvalue weighted by molar-refractivity contribution is 5.83. The number of nitrogens with zero attached hydrogens (tertiary/aromatic N) is 2. The number of carboxylic acids is 1. The number of amides is 2. The molecule has 0 aromatic carbocycles. The van der Waals surface area contributed by atoms with Gasteiger partial charge in [-0.3, -0.25) is 0 Å². The second-order valence-corrected chi connectivity index (χ2v) is 6.04. The zero-order chi connectivity index (χ0) is 14.5. The Balaban J connectivity index is 1.93. The number of aliphatic carboxylic acids is 1.